The van der Waals surface area contributed by atoms with Gasteiger partial charge >= 0.3 is 0 Å². The quantitative estimate of drug-likeness (QED) is 0.633. The van der Waals surface area contributed by atoms with E-state index in [4.69, 9.17) is 0 Å². The van der Waals surface area contributed by atoms with E-state index in [1.165, 1.54) is 11.1 Å². The minimum Gasteiger partial charge on any atom is -0.0578 e. The second-order valence-electron chi connectivity index (χ2n) is 7.48. The fraction of sp³-hybridized carbons (Fsp3) is 0.400. The van der Waals surface area contributed by atoms with Crippen molar-refractivity contribution in [1.82, 2.24) is 0 Å². The van der Waals surface area contributed by atoms with Crippen molar-refractivity contribution in [1.29, 1.82) is 0 Å². The molecule has 0 aromatic heterocycles. The second kappa shape index (κ2) is 5.09. The molecule has 0 saturated carbocycles. The summed E-state index contributed by atoms with van der Waals surface area (Å²) in [6.45, 7) is 13.4. The Hall–Kier alpha value is -1.56. The Bertz CT molecular complexity index is 536. The third-order valence-corrected chi connectivity index (χ3v) is 3.63. The van der Waals surface area contributed by atoms with Gasteiger partial charge in [0.2, 0.25) is 0 Å². The molecule has 0 spiro atoms. The van der Waals surface area contributed by atoms with Gasteiger partial charge in [-0.25, -0.2) is 0 Å². The van der Waals surface area contributed by atoms with Crippen molar-refractivity contribution >= 4 is 0 Å². The maximum Gasteiger partial charge on any atom is -0.00959 e. The zero-order valence-electron chi connectivity index (χ0n) is 13.5. The summed E-state index contributed by atoms with van der Waals surface area (Å²) >= 11 is 0. The first kappa shape index (κ1) is 14.8. The number of hydrogen-bond donors (Lipinski definition) is 0. The molecular weight excluding hydrogens is 240 g/mol. The van der Waals surface area contributed by atoms with Gasteiger partial charge in [-0.3, -0.25) is 0 Å². The molecule has 2 rings (SSSR count). The van der Waals surface area contributed by atoms with E-state index in [2.05, 4.69) is 77.9 Å². The molecule has 0 heterocycles. The average molecular weight is 264 g/mol. The largest absolute Gasteiger partial charge is 0.0578 e. The highest BCUT2D eigenvalue weighted by atomic mass is 14.2. The van der Waals surface area contributed by atoms with Crippen LogP contribution in [0.15, 0.2) is 36.4 Å². The molecule has 0 heteroatoms. The molecule has 0 amide bonds. The van der Waals surface area contributed by atoms with E-state index in [9.17, 15) is 0 Å². The molecule has 0 unspecified atom stereocenters. The van der Waals surface area contributed by atoms with Crippen LogP contribution >= 0.6 is 0 Å². The maximum absolute atomic E-state index is 3.34. The van der Waals surface area contributed by atoms with Crippen LogP contribution in [0.3, 0.4) is 0 Å². The Morgan fingerprint density at radius 2 is 1.00 bits per heavy atom. The lowest BCUT2D eigenvalue weighted by Gasteiger charge is -2.21. The minimum absolute atomic E-state index is 0.158. The first-order valence-corrected chi connectivity index (χ1v) is 7.23. The number of benzene rings is 2. The molecule has 0 aliphatic carbocycles. The van der Waals surface area contributed by atoms with Gasteiger partial charge in [-0.1, -0.05) is 65.8 Å². The van der Waals surface area contributed by atoms with Gasteiger partial charge in [-0.2, -0.15) is 0 Å². The van der Waals surface area contributed by atoms with E-state index in [0.717, 1.165) is 11.1 Å². The lowest BCUT2D eigenvalue weighted by molar-refractivity contribution is 0.589. The smallest absolute Gasteiger partial charge is 0.00959 e. The molecule has 0 nitrogen and oxygen atoms in total. The summed E-state index contributed by atoms with van der Waals surface area (Å²) in [5.74, 6) is 0. The molecule has 20 heavy (non-hydrogen) atoms. The molecule has 2 aromatic rings. The molecule has 0 saturated heterocycles. The first-order chi connectivity index (χ1) is 9.18. The van der Waals surface area contributed by atoms with Gasteiger partial charge in [0.1, 0.15) is 0 Å². The van der Waals surface area contributed by atoms with E-state index >= 15 is 0 Å². The molecule has 2 aromatic carbocycles. The van der Waals surface area contributed by atoms with Gasteiger partial charge in [0.05, 0.1) is 0 Å². The molecular formula is C20H24. The van der Waals surface area contributed by atoms with E-state index in [1.54, 1.807) is 0 Å². The molecule has 0 N–H and O–H groups in total. The first-order valence-electron chi connectivity index (χ1n) is 7.23. The summed E-state index contributed by atoms with van der Waals surface area (Å²) in [6.07, 6.45) is 0. The second-order valence-corrected chi connectivity index (χ2v) is 7.48. The third-order valence-electron chi connectivity index (χ3n) is 3.63. The Labute approximate surface area is 123 Å². The van der Waals surface area contributed by atoms with Crippen LogP contribution in [0.2, 0.25) is 0 Å². The zero-order chi connectivity index (χ0) is 15.0. The van der Waals surface area contributed by atoms with Crippen molar-refractivity contribution in [3.8, 4) is 11.1 Å². The highest BCUT2D eigenvalue weighted by Crippen LogP contribution is 2.30. The Morgan fingerprint density at radius 1 is 0.650 bits per heavy atom. The van der Waals surface area contributed by atoms with Crippen molar-refractivity contribution in [3.05, 3.63) is 59.7 Å². The molecule has 0 aliphatic rings. The van der Waals surface area contributed by atoms with Crippen LogP contribution in [0.4, 0.5) is 0 Å². The molecule has 104 valence electrons. The van der Waals surface area contributed by atoms with Gasteiger partial charge in [-0.05, 0) is 57.3 Å². The number of rotatable bonds is 1. The Balaban J connectivity index is 2.47. The van der Waals surface area contributed by atoms with Crippen LogP contribution in [-0.2, 0) is 10.8 Å². The standard InChI is InChI=1S/C20H24/c1-19(2,3)17-11-7-9-15(13-17)16-10-8-12-18(14-16)20(4,5)6/h7-8,11-14H,1-6H3. The topological polar surface area (TPSA) is 0 Å². The van der Waals surface area contributed by atoms with E-state index < -0.39 is 0 Å². The van der Waals surface area contributed by atoms with Crippen molar-refractivity contribution in [2.24, 2.45) is 0 Å². The van der Waals surface area contributed by atoms with Gasteiger partial charge in [0, 0.05) is 0 Å². The minimum atomic E-state index is 0.158. The SMILES string of the molecule is CC(C)(C)c1cc[c]c(-c2[c]ccc(C(C)(C)C)c2)c1. The summed E-state index contributed by atoms with van der Waals surface area (Å²) in [6, 6.07) is 19.5. The van der Waals surface area contributed by atoms with Crippen molar-refractivity contribution < 1.29 is 0 Å². The summed E-state index contributed by atoms with van der Waals surface area (Å²) in [4.78, 5) is 0. The van der Waals surface area contributed by atoms with Crippen molar-refractivity contribution in [2.45, 2.75) is 52.4 Å². The monoisotopic (exact) mass is 264 g/mol. The predicted octanol–water partition coefficient (Wildman–Crippen LogP) is 5.55. The van der Waals surface area contributed by atoms with Gasteiger partial charge in [0.25, 0.3) is 0 Å². The molecule has 0 aliphatic heterocycles. The lowest BCUT2D eigenvalue weighted by Crippen LogP contribution is -2.11. The molecule has 0 atom stereocenters. The van der Waals surface area contributed by atoms with Crippen LogP contribution in [0.1, 0.15) is 52.7 Å². The van der Waals surface area contributed by atoms with Crippen LogP contribution in [0.25, 0.3) is 11.1 Å². The summed E-state index contributed by atoms with van der Waals surface area (Å²) in [7, 11) is 0. The maximum atomic E-state index is 3.34. The molecule has 0 bridgehead atoms. The third kappa shape index (κ3) is 3.30. The van der Waals surface area contributed by atoms with Crippen molar-refractivity contribution in [2.75, 3.05) is 0 Å². The van der Waals surface area contributed by atoms with Gasteiger partial charge in [0.15, 0.2) is 0 Å². The van der Waals surface area contributed by atoms with Gasteiger partial charge in [-0.15, -0.1) is 0 Å². The fourth-order valence-electron chi connectivity index (χ4n) is 2.18. The Morgan fingerprint density at radius 3 is 1.30 bits per heavy atom. The highest BCUT2D eigenvalue weighted by molar-refractivity contribution is 5.64. The van der Waals surface area contributed by atoms with Gasteiger partial charge < -0.3 is 0 Å². The van der Waals surface area contributed by atoms with E-state index in [0.29, 0.717) is 0 Å². The normalized spacial score (nSPS) is 12.5. The lowest BCUT2D eigenvalue weighted by atomic mass is 9.83. The van der Waals surface area contributed by atoms with Crippen LogP contribution in [-0.4, -0.2) is 0 Å². The zero-order valence-corrected chi connectivity index (χ0v) is 13.5. The van der Waals surface area contributed by atoms with E-state index in [1.807, 2.05) is 12.1 Å². The summed E-state index contributed by atoms with van der Waals surface area (Å²) in [5, 5.41) is 0. The highest BCUT2D eigenvalue weighted by Gasteiger charge is 2.16. The summed E-state index contributed by atoms with van der Waals surface area (Å²) in [5.41, 5.74) is 5.24. The van der Waals surface area contributed by atoms with Crippen LogP contribution in [0, 0.1) is 12.1 Å². The van der Waals surface area contributed by atoms with E-state index in [-0.39, 0.29) is 10.8 Å². The predicted molar refractivity (Wildman–Crippen MR) is 87.0 cm³/mol. The molecule has 2 radical (unpaired) electrons. The summed E-state index contributed by atoms with van der Waals surface area (Å²) < 4.78 is 0. The number of hydrogen-bond acceptors (Lipinski definition) is 0. The molecule has 0 fully saturated rings. The van der Waals surface area contributed by atoms with Crippen LogP contribution in [0.5, 0.6) is 0 Å². The average Bonchev–Trinajstić information content (AvgIpc) is 2.37. The van der Waals surface area contributed by atoms with Crippen molar-refractivity contribution in [3.63, 3.8) is 0 Å². The fourth-order valence-corrected chi connectivity index (χ4v) is 2.18. The van der Waals surface area contributed by atoms with Crippen LogP contribution < -0.4 is 0 Å². The Kier molecular flexibility index (Phi) is 3.77.